The average molecular weight is 425 g/mol. The van der Waals surface area contributed by atoms with E-state index in [-0.39, 0.29) is 18.1 Å². The Bertz CT molecular complexity index is 1020. The van der Waals surface area contributed by atoms with Crippen LogP contribution in [0, 0.1) is 5.82 Å². The minimum atomic E-state index is -0.304. The lowest BCUT2D eigenvalue weighted by molar-refractivity contribution is -0.120. The molecule has 0 saturated carbocycles. The standard InChI is InChI=1S/C20H24FN9O/c1-29-6-8-30(9-7-29)20-24-13-23-19(26-20)25-17-10-16(27-28-17)11-18(31)22-12-14-2-4-15(21)5-3-14/h2-5,10,13H,6-9,11-12H2,1H3,(H,22,31)(H2,23,24,25,26,27,28). The molecule has 1 amide bonds. The highest BCUT2D eigenvalue weighted by Crippen LogP contribution is 2.15. The number of carbonyl (C=O) groups excluding carboxylic acids is 1. The molecule has 11 heteroatoms. The second-order valence-electron chi connectivity index (χ2n) is 7.38. The van der Waals surface area contributed by atoms with Crippen LogP contribution in [-0.4, -0.2) is 69.2 Å². The summed E-state index contributed by atoms with van der Waals surface area (Å²) in [5.74, 6) is 1.06. The molecule has 3 N–H and O–H groups in total. The summed E-state index contributed by atoms with van der Waals surface area (Å²) in [7, 11) is 2.09. The van der Waals surface area contributed by atoms with Crippen molar-refractivity contribution in [3.05, 3.63) is 53.7 Å². The average Bonchev–Trinajstić information content (AvgIpc) is 3.20. The van der Waals surface area contributed by atoms with E-state index in [9.17, 15) is 9.18 Å². The number of H-pyrrole nitrogens is 1. The molecule has 162 valence electrons. The first-order valence-corrected chi connectivity index (χ1v) is 10.00. The first-order valence-electron chi connectivity index (χ1n) is 10.00. The van der Waals surface area contributed by atoms with Crippen molar-refractivity contribution in [2.75, 3.05) is 43.4 Å². The number of rotatable bonds is 7. The summed E-state index contributed by atoms with van der Waals surface area (Å²) < 4.78 is 12.9. The van der Waals surface area contributed by atoms with Crippen molar-refractivity contribution in [2.24, 2.45) is 0 Å². The first kappa shape index (κ1) is 20.7. The lowest BCUT2D eigenvalue weighted by Crippen LogP contribution is -2.45. The Kier molecular flexibility index (Phi) is 6.32. The monoisotopic (exact) mass is 425 g/mol. The van der Waals surface area contributed by atoms with Gasteiger partial charge in [0.2, 0.25) is 17.8 Å². The highest BCUT2D eigenvalue weighted by molar-refractivity contribution is 5.78. The summed E-state index contributed by atoms with van der Waals surface area (Å²) in [5.41, 5.74) is 1.47. The van der Waals surface area contributed by atoms with Gasteiger partial charge in [-0.3, -0.25) is 9.89 Å². The number of aromatic nitrogens is 5. The number of likely N-dealkylation sites (N-methyl/N-ethyl adjacent to an activating group) is 1. The van der Waals surface area contributed by atoms with Crippen LogP contribution >= 0.6 is 0 Å². The van der Waals surface area contributed by atoms with Crippen LogP contribution in [0.25, 0.3) is 0 Å². The van der Waals surface area contributed by atoms with Crippen molar-refractivity contribution in [2.45, 2.75) is 13.0 Å². The number of aromatic amines is 1. The predicted octanol–water partition coefficient (Wildman–Crippen LogP) is 1.09. The predicted molar refractivity (Wildman–Crippen MR) is 113 cm³/mol. The number of nitrogens with one attached hydrogen (secondary N) is 3. The molecule has 0 spiro atoms. The van der Waals surface area contributed by atoms with Gasteiger partial charge in [-0.15, -0.1) is 0 Å². The number of piperazine rings is 1. The van der Waals surface area contributed by atoms with Crippen molar-refractivity contribution in [3.8, 4) is 0 Å². The Balaban J connectivity index is 1.30. The highest BCUT2D eigenvalue weighted by atomic mass is 19.1. The zero-order chi connectivity index (χ0) is 21.6. The van der Waals surface area contributed by atoms with Crippen molar-refractivity contribution < 1.29 is 9.18 Å². The van der Waals surface area contributed by atoms with Crippen molar-refractivity contribution >= 4 is 23.6 Å². The van der Waals surface area contributed by atoms with E-state index < -0.39 is 0 Å². The van der Waals surface area contributed by atoms with E-state index >= 15 is 0 Å². The van der Waals surface area contributed by atoms with Crippen molar-refractivity contribution in [1.29, 1.82) is 0 Å². The van der Waals surface area contributed by atoms with Crippen molar-refractivity contribution in [3.63, 3.8) is 0 Å². The molecule has 0 unspecified atom stereocenters. The minimum Gasteiger partial charge on any atom is -0.352 e. The fourth-order valence-corrected chi connectivity index (χ4v) is 3.18. The van der Waals surface area contributed by atoms with Gasteiger partial charge in [-0.2, -0.15) is 10.1 Å². The SMILES string of the molecule is CN1CCN(c2ncnc(Nc3cc(CC(=O)NCc4ccc(F)cc4)[nH]n3)n2)CC1. The summed E-state index contributed by atoms with van der Waals surface area (Å²) in [6, 6.07) is 7.74. The van der Waals surface area contributed by atoms with E-state index in [4.69, 9.17) is 0 Å². The zero-order valence-corrected chi connectivity index (χ0v) is 17.2. The smallest absolute Gasteiger partial charge is 0.233 e. The molecule has 2 aromatic heterocycles. The number of benzene rings is 1. The number of amides is 1. The lowest BCUT2D eigenvalue weighted by Gasteiger charge is -2.32. The Morgan fingerprint density at radius 3 is 2.71 bits per heavy atom. The molecule has 31 heavy (non-hydrogen) atoms. The van der Waals surface area contributed by atoms with E-state index in [1.54, 1.807) is 18.2 Å². The maximum atomic E-state index is 12.9. The maximum absolute atomic E-state index is 12.9. The second-order valence-corrected chi connectivity index (χ2v) is 7.38. The van der Waals surface area contributed by atoms with Crippen LogP contribution in [0.15, 0.2) is 36.7 Å². The van der Waals surface area contributed by atoms with E-state index in [1.165, 1.54) is 18.5 Å². The van der Waals surface area contributed by atoms with Gasteiger partial charge in [0.05, 0.1) is 6.42 Å². The molecule has 3 aromatic rings. The molecule has 0 radical (unpaired) electrons. The molecular weight excluding hydrogens is 401 g/mol. The molecule has 1 saturated heterocycles. The van der Waals surface area contributed by atoms with Crippen molar-refractivity contribution in [1.82, 2.24) is 35.4 Å². The largest absolute Gasteiger partial charge is 0.352 e. The molecule has 0 aliphatic carbocycles. The molecule has 3 heterocycles. The fraction of sp³-hybridized carbons (Fsp3) is 0.350. The Morgan fingerprint density at radius 2 is 1.94 bits per heavy atom. The molecule has 0 atom stereocenters. The van der Waals surface area contributed by atoms with E-state index in [2.05, 4.69) is 52.6 Å². The number of halogens is 1. The summed E-state index contributed by atoms with van der Waals surface area (Å²) in [4.78, 5) is 29.4. The van der Waals surface area contributed by atoms with Gasteiger partial charge in [0.15, 0.2) is 5.82 Å². The molecule has 1 aliphatic heterocycles. The molecule has 1 fully saturated rings. The molecular formula is C20H24FN9O. The van der Waals surface area contributed by atoms with E-state index in [0.29, 0.717) is 30.0 Å². The summed E-state index contributed by atoms with van der Waals surface area (Å²) in [6.45, 7) is 3.97. The van der Waals surface area contributed by atoms with Gasteiger partial charge in [0.1, 0.15) is 12.1 Å². The van der Waals surface area contributed by atoms with Crippen LogP contribution < -0.4 is 15.5 Å². The van der Waals surface area contributed by atoms with Gasteiger partial charge in [-0.25, -0.2) is 14.4 Å². The van der Waals surface area contributed by atoms with Crippen LogP contribution in [-0.2, 0) is 17.8 Å². The van der Waals surface area contributed by atoms with Gasteiger partial charge >= 0.3 is 0 Å². The van der Waals surface area contributed by atoms with Gasteiger partial charge in [-0.05, 0) is 24.7 Å². The van der Waals surface area contributed by atoms with Crippen LogP contribution in [0.2, 0.25) is 0 Å². The normalized spacial score (nSPS) is 14.5. The van der Waals surface area contributed by atoms with E-state index in [1.807, 2.05) is 0 Å². The number of hydrogen-bond donors (Lipinski definition) is 3. The lowest BCUT2D eigenvalue weighted by atomic mass is 10.2. The van der Waals surface area contributed by atoms with Crippen LogP contribution in [0.1, 0.15) is 11.3 Å². The number of anilines is 3. The molecule has 10 nitrogen and oxygen atoms in total. The van der Waals surface area contributed by atoms with E-state index in [0.717, 1.165) is 31.7 Å². The van der Waals surface area contributed by atoms with Crippen LogP contribution in [0.3, 0.4) is 0 Å². The number of hydrogen-bond acceptors (Lipinski definition) is 8. The van der Waals surface area contributed by atoms with Crippen LogP contribution in [0.4, 0.5) is 22.1 Å². The Labute approximate surface area is 178 Å². The second kappa shape index (κ2) is 9.47. The topological polar surface area (TPSA) is 115 Å². The Hall–Kier alpha value is -3.60. The quantitative estimate of drug-likeness (QED) is 0.515. The molecule has 0 bridgehead atoms. The molecule has 4 rings (SSSR count). The third kappa shape index (κ3) is 5.72. The number of carbonyl (C=O) groups is 1. The molecule has 1 aromatic carbocycles. The molecule has 1 aliphatic rings. The first-order chi connectivity index (χ1) is 15.0. The maximum Gasteiger partial charge on any atom is 0.233 e. The minimum absolute atomic E-state index is 0.139. The van der Waals surface area contributed by atoms with Gasteiger partial charge < -0.3 is 20.4 Å². The fourth-order valence-electron chi connectivity index (χ4n) is 3.18. The highest BCUT2D eigenvalue weighted by Gasteiger charge is 2.17. The zero-order valence-electron chi connectivity index (χ0n) is 17.2. The van der Waals surface area contributed by atoms with Crippen LogP contribution in [0.5, 0.6) is 0 Å². The van der Waals surface area contributed by atoms with Gasteiger partial charge in [-0.1, -0.05) is 12.1 Å². The number of nitrogens with zero attached hydrogens (tertiary/aromatic N) is 6. The summed E-state index contributed by atoms with van der Waals surface area (Å²) in [5, 5.41) is 12.8. The van der Waals surface area contributed by atoms with Gasteiger partial charge in [0, 0.05) is 44.5 Å². The third-order valence-electron chi connectivity index (χ3n) is 4.97. The third-order valence-corrected chi connectivity index (χ3v) is 4.97. The van der Waals surface area contributed by atoms with Gasteiger partial charge in [0.25, 0.3) is 0 Å². The summed E-state index contributed by atoms with van der Waals surface area (Å²) in [6.07, 6.45) is 1.61. The summed E-state index contributed by atoms with van der Waals surface area (Å²) >= 11 is 0. The Morgan fingerprint density at radius 1 is 1.16 bits per heavy atom.